The van der Waals surface area contributed by atoms with Gasteiger partial charge >= 0.3 is 0 Å². The van der Waals surface area contributed by atoms with Crippen molar-refractivity contribution in [2.75, 3.05) is 11.9 Å². The molecule has 1 amide bonds. The molecule has 0 aliphatic rings. The number of rotatable bonds is 6. The Hall–Kier alpha value is -0.830. The average molecular weight is 312 g/mol. The highest BCUT2D eigenvalue weighted by molar-refractivity contribution is 9.09. The van der Waals surface area contributed by atoms with Gasteiger partial charge in [0.1, 0.15) is 0 Å². The SMILES string of the molecule is Cc1ccc(C(=O)NCC(C)(C)CCCBr)cc1. The number of aryl methyl sites for hydroxylation is 1. The number of amides is 1. The summed E-state index contributed by atoms with van der Waals surface area (Å²) in [5.41, 5.74) is 2.05. The summed E-state index contributed by atoms with van der Waals surface area (Å²) < 4.78 is 0. The van der Waals surface area contributed by atoms with E-state index in [1.165, 1.54) is 5.56 Å². The van der Waals surface area contributed by atoms with Crippen LogP contribution in [0.25, 0.3) is 0 Å². The lowest BCUT2D eigenvalue weighted by molar-refractivity contribution is 0.0934. The topological polar surface area (TPSA) is 29.1 Å². The van der Waals surface area contributed by atoms with Crippen LogP contribution in [0.1, 0.15) is 42.6 Å². The van der Waals surface area contributed by atoms with Crippen molar-refractivity contribution in [3.63, 3.8) is 0 Å². The predicted octanol–water partition coefficient (Wildman–Crippen LogP) is 3.93. The molecule has 1 rings (SSSR count). The Bertz CT molecular complexity index is 384. The van der Waals surface area contributed by atoms with Crippen molar-refractivity contribution in [3.05, 3.63) is 35.4 Å². The van der Waals surface area contributed by atoms with Gasteiger partial charge in [-0.25, -0.2) is 0 Å². The molecule has 2 nitrogen and oxygen atoms in total. The standard InChI is InChI=1S/C15H22BrNO/c1-12-5-7-13(8-6-12)14(18)17-11-15(2,3)9-4-10-16/h5-8H,4,9-11H2,1-3H3,(H,17,18). The number of alkyl halides is 1. The zero-order valence-corrected chi connectivity index (χ0v) is 13.0. The molecule has 1 aromatic carbocycles. The van der Waals surface area contributed by atoms with Gasteiger partial charge in [0.05, 0.1) is 0 Å². The van der Waals surface area contributed by atoms with Crippen LogP contribution < -0.4 is 5.32 Å². The van der Waals surface area contributed by atoms with Crippen molar-refractivity contribution in [3.8, 4) is 0 Å². The molecule has 0 unspecified atom stereocenters. The van der Waals surface area contributed by atoms with E-state index in [-0.39, 0.29) is 11.3 Å². The third kappa shape index (κ3) is 5.21. The van der Waals surface area contributed by atoms with E-state index in [2.05, 4.69) is 35.1 Å². The van der Waals surface area contributed by atoms with Gasteiger partial charge in [0, 0.05) is 17.4 Å². The van der Waals surface area contributed by atoms with Crippen LogP contribution >= 0.6 is 15.9 Å². The second-order valence-electron chi connectivity index (χ2n) is 5.51. The Morgan fingerprint density at radius 3 is 2.44 bits per heavy atom. The van der Waals surface area contributed by atoms with Gasteiger partial charge in [-0.05, 0) is 37.3 Å². The molecule has 0 atom stereocenters. The van der Waals surface area contributed by atoms with E-state index >= 15 is 0 Å². The summed E-state index contributed by atoms with van der Waals surface area (Å²) in [6.07, 6.45) is 2.24. The fourth-order valence-corrected chi connectivity index (χ4v) is 2.04. The zero-order valence-electron chi connectivity index (χ0n) is 11.4. The lowest BCUT2D eigenvalue weighted by Gasteiger charge is -2.24. The maximum absolute atomic E-state index is 12.0. The third-order valence-electron chi connectivity index (χ3n) is 3.03. The van der Waals surface area contributed by atoms with Crippen molar-refractivity contribution in [2.45, 2.75) is 33.6 Å². The van der Waals surface area contributed by atoms with Gasteiger partial charge in [-0.1, -0.05) is 47.5 Å². The second-order valence-corrected chi connectivity index (χ2v) is 6.30. The molecule has 0 aliphatic heterocycles. The molecular weight excluding hydrogens is 290 g/mol. The minimum absolute atomic E-state index is 0.0157. The normalized spacial score (nSPS) is 11.3. The Labute approximate surface area is 118 Å². The van der Waals surface area contributed by atoms with Gasteiger partial charge in [0.2, 0.25) is 0 Å². The second kappa shape index (κ2) is 6.93. The highest BCUT2D eigenvalue weighted by Gasteiger charge is 2.18. The van der Waals surface area contributed by atoms with Gasteiger partial charge in [-0.15, -0.1) is 0 Å². The molecule has 3 heteroatoms. The number of hydrogen-bond donors (Lipinski definition) is 1. The van der Waals surface area contributed by atoms with Gasteiger partial charge in [-0.2, -0.15) is 0 Å². The van der Waals surface area contributed by atoms with Crippen LogP contribution in [0.3, 0.4) is 0 Å². The molecule has 18 heavy (non-hydrogen) atoms. The van der Waals surface area contributed by atoms with Gasteiger partial charge in [0.25, 0.3) is 5.91 Å². The molecule has 0 fully saturated rings. The summed E-state index contributed by atoms with van der Waals surface area (Å²) in [6, 6.07) is 7.67. The quantitative estimate of drug-likeness (QED) is 0.792. The van der Waals surface area contributed by atoms with E-state index in [1.807, 2.05) is 31.2 Å². The van der Waals surface area contributed by atoms with Crippen molar-refractivity contribution >= 4 is 21.8 Å². The number of hydrogen-bond acceptors (Lipinski definition) is 1. The van der Waals surface area contributed by atoms with Crippen LogP contribution in [0, 0.1) is 12.3 Å². The van der Waals surface area contributed by atoms with E-state index in [0.29, 0.717) is 6.54 Å². The van der Waals surface area contributed by atoms with E-state index < -0.39 is 0 Å². The summed E-state index contributed by atoms with van der Waals surface area (Å²) >= 11 is 3.44. The number of carbonyl (C=O) groups excluding carboxylic acids is 1. The lowest BCUT2D eigenvalue weighted by atomic mass is 9.88. The van der Waals surface area contributed by atoms with Crippen LogP contribution in [-0.4, -0.2) is 17.8 Å². The van der Waals surface area contributed by atoms with E-state index in [0.717, 1.165) is 23.7 Å². The summed E-state index contributed by atoms with van der Waals surface area (Å²) in [4.78, 5) is 12.0. The molecule has 1 aromatic rings. The Balaban J connectivity index is 2.48. The third-order valence-corrected chi connectivity index (χ3v) is 3.59. The predicted molar refractivity (Wildman–Crippen MR) is 80.3 cm³/mol. The average Bonchev–Trinajstić information content (AvgIpc) is 2.35. The Morgan fingerprint density at radius 2 is 1.89 bits per heavy atom. The smallest absolute Gasteiger partial charge is 0.251 e. The number of halogens is 1. The molecule has 1 N–H and O–H groups in total. The molecule has 0 spiro atoms. The van der Waals surface area contributed by atoms with Crippen molar-refractivity contribution in [1.82, 2.24) is 5.32 Å². The van der Waals surface area contributed by atoms with Crippen LogP contribution in [0.15, 0.2) is 24.3 Å². The summed E-state index contributed by atoms with van der Waals surface area (Å²) in [7, 11) is 0. The molecule has 0 saturated carbocycles. The number of nitrogens with one attached hydrogen (secondary N) is 1. The largest absolute Gasteiger partial charge is 0.352 e. The van der Waals surface area contributed by atoms with Crippen LogP contribution in [0.5, 0.6) is 0 Å². The van der Waals surface area contributed by atoms with Crippen molar-refractivity contribution in [1.29, 1.82) is 0 Å². The summed E-state index contributed by atoms with van der Waals surface area (Å²) in [6.45, 7) is 7.11. The molecule has 0 aromatic heterocycles. The maximum Gasteiger partial charge on any atom is 0.251 e. The molecule has 0 bridgehead atoms. The molecular formula is C15H22BrNO. The Morgan fingerprint density at radius 1 is 1.28 bits per heavy atom. The Kier molecular flexibility index (Phi) is 5.86. The van der Waals surface area contributed by atoms with Gasteiger partial charge in [-0.3, -0.25) is 4.79 Å². The molecule has 0 heterocycles. The van der Waals surface area contributed by atoms with Crippen LogP contribution in [0.2, 0.25) is 0 Å². The first-order valence-electron chi connectivity index (χ1n) is 6.35. The maximum atomic E-state index is 12.0. The van der Waals surface area contributed by atoms with Gasteiger partial charge < -0.3 is 5.32 Å². The highest BCUT2D eigenvalue weighted by Crippen LogP contribution is 2.21. The first-order valence-corrected chi connectivity index (χ1v) is 7.47. The highest BCUT2D eigenvalue weighted by atomic mass is 79.9. The molecule has 0 radical (unpaired) electrons. The van der Waals surface area contributed by atoms with E-state index in [1.54, 1.807) is 0 Å². The number of benzene rings is 1. The van der Waals surface area contributed by atoms with Crippen molar-refractivity contribution < 1.29 is 4.79 Å². The number of carbonyl (C=O) groups is 1. The molecule has 0 aliphatic carbocycles. The van der Waals surface area contributed by atoms with Gasteiger partial charge in [0.15, 0.2) is 0 Å². The van der Waals surface area contributed by atoms with Crippen molar-refractivity contribution in [2.24, 2.45) is 5.41 Å². The zero-order chi connectivity index (χ0) is 13.6. The van der Waals surface area contributed by atoms with E-state index in [4.69, 9.17) is 0 Å². The minimum Gasteiger partial charge on any atom is -0.352 e. The van der Waals surface area contributed by atoms with Crippen LogP contribution in [-0.2, 0) is 0 Å². The first kappa shape index (κ1) is 15.2. The fraction of sp³-hybridized carbons (Fsp3) is 0.533. The minimum atomic E-state index is 0.0157. The molecule has 0 saturated heterocycles. The monoisotopic (exact) mass is 311 g/mol. The lowest BCUT2D eigenvalue weighted by Crippen LogP contribution is -2.34. The van der Waals surface area contributed by atoms with Crippen LogP contribution in [0.4, 0.5) is 0 Å². The van der Waals surface area contributed by atoms with E-state index in [9.17, 15) is 4.79 Å². The fourth-order valence-electron chi connectivity index (χ4n) is 1.76. The summed E-state index contributed by atoms with van der Waals surface area (Å²) in [5.74, 6) is 0.0157. The molecule has 100 valence electrons. The summed E-state index contributed by atoms with van der Waals surface area (Å²) in [5, 5.41) is 4.03. The first-order chi connectivity index (χ1) is 8.44.